The Morgan fingerprint density at radius 1 is 1.39 bits per heavy atom. The van der Waals surface area contributed by atoms with E-state index in [1.807, 2.05) is 49.9 Å². The number of hydrogen-bond donors (Lipinski definition) is 0. The zero-order valence-corrected chi connectivity index (χ0v) is 11.2. The van der Waals surface area contributed by atoms with E-state index in [4.69, 9.17) is 0 Å². The highest BCUT2D eigenvalue weighted by Crippen LogP contribution is 2.32. The fourth-order valence-electron chi connectivity index (χ4n) is 1.96. The molecule has 0 fully saturated rings. The number of amides is 1. The predicted molar refractivity (Wildman–Crippen MR) is 71.7 cm³/mol. The van der Waals surface area contributed by atoms with Crippen molar-refractivity contribution in [2.45, 2.75) is 39.3 Å². The maximum absolute atomic E-state index is 12.2. The Hall–Kier alpha value is -1.71. The molecule has 0 unspecified atom stereocenters. The molecule has 0 aromatic heterocycles. The van der Waals surface area contributed by atoms with Crippen LogP contribution in [0, 0.1) is 6.92 Å². The van der Waals surface area contributed by atoms with Crippen LogP contribution >= 0.6 is 0 Å². The van der Waals surface area contributed by atoms with Gasteiger partial charge in [-0.25, -0.2) is 0 Å². The minimum absolute atomic E-state index is 0.140. The summed E-state index contributed by atoms with van der Waals surface area (Å²) in [4.78, 5) is 14.0. The molecule has 1 aromatic carbocycles. The third kappa shape index (κ3) is 2.94. The summed E-state index contributed by atoms with van der Waals surface area (Å²) < 4.78 is 0. The monoisotopic (exact) mass is 245 g/mol. The van der Waals surface area contributed by atoms with Gasteiger partial charge in [0.25, 0.3) is 0 Å². The van der Waals surface area contributed by atoms with Gasteiger partial charge in [-0.2, -0.15) is 10.2 Å². The van der Waals surface area contributed by atoms with Crippen molar-refractivity contribution in [3.8, 4) is 0 Å². The second-order valence-electron chi connectivity index (χ2n) is 4.89. The van der Waals surface area contributed by atoms with Crippen LogP contribution < -0.4 is 4.90 Å². The van der Waals surface area contributed by atoms with E-state index < -0.39 is 0 Å². The summed E-state index contributed by atoms with van der Waals surface area (Å²) in [7, 11) is 0. The normalized spacial score (nSPS) is 15.5. The second kappa shape index (κ2) is 4.88. The van der Waals surface area contributed by atoms with E-state index in [1.165, 1.54) is 0 Å². The van der Waals surface area contributed by atoms with Crippen LogP contribution in [0.4, 0.5) is 5.69 Å². The molecule has 0 saturated heterocycles. The largest absolute Gasteiger partial charge is 0.313 e. The average Bonchev–Trinajstić information content (AvgIpc) is 3.07. The van der Waals surface area contributed by atoms with Crippen molar-refractivity contribution in [1.29, 1.82) is 0 Å². The summed E-state index contributed by atoms with van der Waals surface area (Å²) in [5, 5.41) is 7.87. The Balaban J connectivity index is 2.01. The molecule has 18 heavy (non-hydrogen) atoms. The fourth-order valence-corrected chi connectivity index (χ4v) is 1.96. The van der Waals surface area contributed by atoms with Gasteiger partial charge in [-0.15, -0.1) is 0 Å². The molecular formula is C14H19N3O. The lowest BCUT2D eigenvalue weighted by Gasteiger charge is -2.21. The SMILES string of the molecule is CCN(C(=O)CCC1(C)N=N1)c1cccc(C)c1. The number of benzene rings is 1. The first-order valence-electron chi connectivity index (χ1n) is 6.35. The van der Waals surface area contributed by atoms with E-state index in [0.717, 1.165) is 11.3 Å². The summed E-state index contributed by atoms with van der Waals surface area (Å²) in [6.45, 7) is 6.66. The predicted octanol–water partition coefficient (Wildman–Crippen LogP) is 3.31. The topological polar surface area (TPSA) is 45.0 Å². The molecule has 0 saturated carbocycles. The van der Waals surface area contributed by atoms with Crippen molar-refractivity contribution in [1.82, 2.24) is 0 Å². The Morgan fingerprint density at radius 2 is 2.11 bits per heavy atom. The Bertz CT molecular complexity index is 476. The van der Waals surface area contributed by atoms with Gasteiger partial charge >= 0.3 is 0 Å². The van der Waals surface area contributed by atoms with Crippen LogP contribution in [0.1, 0.15) is 32.3 Å². The minimum Gasteiger partial charge on any atom is -0.313 e. The lowest BCUT2D eigenvalue weighted by molar-refractivity contribution is -0.118. The molecule has 2 rings (SSSR count). The van der Waals surface area contributed by atoms with E-state index in [9.17, 15) is 4.79 Å². The first-order chi connectivity index (χ1) is 8.54. The Labute approximate surface area is 108 Å². The summed E-state index contributed by atoms with van der Waals surface area (Å²) in [5.74, 6) is 0.140. The number of hydrogen-bond acceptors (Lipinski definition) is 3. The summed E-state index contributed by atoms with van der Waals surface area (Å²) in [6, 6.07) is 8.02. The van der Waals surface area contributed by atoms with E-state index in [1.54, 1.807) is 0 Å². The molecule has 96 valence electrons. The highest BCUT2D eigenvalue weighted by molar-refractivity contribution is 5.93. The highest BCUT2D eigenvalue weighted by atomic mass is 16.2. The van der Waals surface area contributed by atoms with Crippen molar-refractivity contribution in [3.05, 3.63) is 29.8 Å². The van der Waals surface area contributed by atoms with Crippen LogP contribution in [0.5, 0.6) is 0 Å². The van der Waals surface area contributed by atoms with Crippen LogP contribution in [0.3, 0.4) is 0 Å². The lowest BCUT2D eigenvalue weighted by atomic mass is 10.1. The summed E-state index contributed by atoms with van der Waals surface area (Å²) >= 11 is 0. The first kappa shape index (κ1) is 12.7. The number of aryl methyl sites for hydroxylation is 1. The van der Waals surface area contributed by atoms with Crippen molar-refractivity contribution in [2.24, 2.45) is 10.2 Å². The second-order valence-corrected chi connectivity index (χ2v) is 4.89. The van der Waals surface area contributed by atoms with Crippen LogP contribution in [-0.4, -0.2) is 18.1 Å². The van der Waals surface area contributed by atoms with E-state index in [0.29, 0.717) is 19.4 Å². The van der Waals surface area contributed by atoms with Gasteiger partial charge in [-0.3, -0.25) is 4.79 Å². The number of nitrogens with zero attached hydrogens (tertiary/aromatic N) is 3. The van der Waals surface area contributed by atoms with E-state index >= 15 is 0 Å². The molecular weight excluding hydrogens is 226 g/mol. The van der Waals surface area contributed by atoms with E-state index in [-0.39, 0.29) is 11.6 Å². The molecule has 1 aromatic rings. The van der Waals surface area contributed by atoms with Gasteiger partial charge in [0.1, 0.15) is 0 Å². The number of carbonyl (C=O) groups is 1. The van der Waals surface area contributed by atoms with Gasteiger partial charge in [0, 0.05) is 25.1 Å². The molecule has 0 spiro atoms. The molecule has 4 heteroatoms. The molecule has 1 heterocycles. The Kier molecular flexibility index (Phi) is 3.45. The summed E-state index contributed by atoms with van der Waals surface area (Å²) in [6.07, 6.45) is 1.19. The van der Waals surface area contributed by atoms with Crippen molar-refractivity contribution in [3.63, 3.8) is 0 Å². The Morgan fingerprint density at radius 3 is 2.67 bits per heavy atom. The number of carbonyl (C=O) groups excluding carboxylic acids is 1. The maximum atomic E-state index is 12.2. The van der Waals surface area contributed by atoms with Crippen LogP contribution in [0.15, 0.2) is 34.5 Å². The molecule has 0 atom stereocenters. The number of rotatable bonds is 5. The average molecular weight is 245 g/mol. The van der Waals surface area contributed by atoms with Crippen LogP contribution in [-0.2, 0) is 4.79 Å². The van der Waals surface area contributed by atoms with Gasteiger partial charge in [0.05, 0.1) is 0 Å². The third-order valence-electron chi connectivity index (χ3n) is 3.18. The first-order valence-corrected chi connectivity index (χ1v) is 6.35. The van der Waals surface area contributed by atoms with Gasteiger partial charge in [-0.05, 0) is 38.5 Å². The van der Waals surface area contributed by atoms with Gasteiger partial charge < -0.3 is 4.90 Å². The van der Waals surface area contributed by atoms with Gasteiger partial charge in [-0.1, -0.05) is 12.1 Å². The molecule has 4 nitrogen and oxygen atoms in total. The van der Waals surface area contributed by atoms with Crippen LogP contribution in [0.2, 0.25) is 0 Å². The van der Waals surface area contributed by atoms with Crippen LogP contribution in [0.25, 0.3) is 0 Å². The maximum Gasteiger partial charge on any atom is 0.227 e. The molecule has 0 aliphatic carbocycles. The van der Waals surface area contributed by atoms with Crippen molar-refractivity contribution < 1.29 is 4.79 Å². The standard InChI is InChI=1S/C14H19N3O/c1-4-17(12-7-5-6-11(2)10-12)13(18)8-9-14(3)15-16-14/h5-7,10H,4,8-9H2,1-3H3. The van der Waals surface area contributed by atoms with Gasteiger partial charge in [0.15, 0.2) is 5.66 Å². The summed E-state index contributed by atoms with van der Waals surface area (Å²) in [5.41, 5.74) is 1.84. The highest BCUT2D eigenvalue weighted by Gasteiger charge is 2.34. The minimum atomic E-state index is -0.290. The molecule has 1 aliphatic heterocycles. The molecule has 0 radical (unpaired) electrons. The van der Waals surface area contributed by atoms with Gasteiger partial charge in [0.2, 0.25) is 5.91 Å². The third-order valence-corrected chi connectivity index (χ3v) is 3.18. The molecule has 0 N–H and O–H groups in total. The number of anilines is 1. The van der Waals surface area contributed by atoms with Crippen molar-refractivity contribution in [2.75, 3.05) is 11.4 Å². The van der Waals surface area contributed by atoms with E-state index in [2.05, 4.69) is 10.2 Å². The zero-order chi connectivity index (χ0) is 13.2. The fraction of sp³-hybridized carbons (Fsp3) is 0.500. The smallest absolute Gasteiger partial charge is 0.227 e. The lowest BCUT2D eigenvalue weighted by Crippen LogP contribution is -2.31. The quantitative estimate of drug-likeness (QED) is 0.785. The molecule has 1 aliphatic rings. The van der Waals surface area contributed by atoms with Crippen molar-refractivity contribution >= 4 is 11.6 Å². The molecule has 0 bridgehead atoms. The zero-order valence-electron chi connectivity index (χ0n) is 11.2. The molecule has 1 amide bonds.